The molecule has 1 aliphatic rings. The monoisotopic (exact) mass is 398 g/mol. The fraction of sp³-hybridized carbons (Fsp3) is 0.850. The van der Waals surface area contributed by atoms with Gasteiger partial charge in [0.25, 0.3) is 0 Å². The summed E-state index contributed by atoms with van der Waals surface area (Å²) >= 11 is 0. The first-order valence-electron chi connectivity index (χ1n) is 10.4. The Morgan fingerprint density at radius 2 is 1.54 bits per heavy atom. The molecule has 1 aliphatic heterocycles. The Balaban J connectivity index is 2.82. The number of amides is 3. The lowest BCUT2D eigenvalue weighted by molar-refractivity contribution is -0.133. The number of hydrogen-bond donors (Lipinski definition) is 5. The highest BCUT2D eigenvalue weighted by Crippen LogP contribution is 2.12. The molecule has 1 saturated heterocycles. The van der Waals surface area contributed by atoms with E-state index in [2.05, 4.69) is 21.3 Å². The quantitative estimate of drug-likeness (QED) is 0.391. The summed E-state index contributed by atoms with van der Waals surface area (Å²) < 4.78 is 0. The molecular formula is C20H38N4O4. The Labute approximate surface area is 168 Å². The Morgan fingerprint density at radius 3 is 2.07 bits per heavy atom. The number of aliphatic hydroxyl groups excluding tert-OH is 1. The number of aliphatic hydroxyl groups is 1. The molecule has 162 valence electrons. The maximum Gasteiger partial charge on any atom is 0.243 e. The van der Waals surface area contributed by atoms with E-state index in [1.54, 1.807) is 0 Å². The second-order valence-electron chi connectivity index (χ2n) is 8.58. The summed E-state index contributed by atoms with van der Waals surface area (Å²) in [4.78, 5) is 37.1. The van der Waals surface area contributed by atoms with Crippen LogP contribution in [0.1, 0.15) is 66.7 Å². The SMILES string of the molecule is CC(=O)N[C@@H](CC(C)C)C(=O)N[C@@H](CC(C)C)C(=O)N[C@H]1CCCCNC1O. The Morgan fingerprint density at radius 1 is 0.964 bits per heavy atom. The van der Waals surface area contributed by atoms with Crippen molar-refractivity contribution < 1.29 is 19.5 Å². The molecule has 1 unspecified atom stereocenters. The van der Waals surface area contributed by atoms with Crippen molar-refractivity contribution in [3.63, 3.8) is 0 Å². The van der Waals surface area contributed by atoms with Crippen LogP contribution in [0, 0.1) is 11.8 Å². The van der Waals surface area contributed by atoms with Gasteiger partial charge in [0.05, 0.1) is 6.04 Å². The van der Waals surface area contributed by atoms with Gasteiger partial charge in [0.1, 0.15) is 18.3 Å². The Hall–Kier alpha value is -1.67. The van der Waals surface area contributed by atoms with E-state index in [-0.39, 0.29) is 35.6 Å². The number of hydrogen-bond acceptors (Lipinski definition) is 5. The number of rotatable bonds is 9. The largest absolute Gasteiger partial charge is 0.376 e. The van der Waals surface area contributed by atoms with Gasteiger partial charge in [0.2, 0.25) is 17.7 Å². The lowest BCUT2D eigenvalue weighted by Crippen LogP contribution is -2.57. The lowest BCUT2D eigenvalue weighted by atomic mass is 9.99. The summed E-state index contributed by atoms with van der Waals surface area (Å²) in [6.45, 7) is 10.00. The maximum absolute atomic E-state index is 12.9. The van der Waals surface area contributed by atoms with Crippen molar-refractivity contribution >= 4 is 17.7 Å². The van der Waals surface area contributed by atoms with E-state index in [1.807, 2.05) is 27.7 Å². The van der Waals surface area contributed by atoms with Crippen molar-refractivity contribution in [3.05, 3.63) is 0 Å². The summed E-state index contributed by atoms with van der Waals surface area (Å²) in [5, 5.41) is 21.5. The standard InChI is InChI=1S/C20H38N4O4/c1-12(2)10-16(22-14(5)25)19(27)24-17(11-13(3)4)20(28)23-15-8-6-7-9-21-18(15)26/h12-13,15-18,21,26H,6-11H2,1-5H3,(H,22,25)(H,23,28)(H,24,27)/t15-,16-,17-,18?/m0/s1. The van der Waals surface area contributed by atoms with Gasteiger partial charge in [-0.25, -0.2) is 0 Å². The first-order valence-corrected chi connectivity index (χ1v) is 10.4. The molecule has 1 heterocycles. The molecule has 4 atom stereocenters. The highest BCUT2D eigenvalue weighted by Gasteiger charge is 2.30. The average Bonchev–Trinajstić information content (AvgIpc) is 2.77. The molecule has 5 N–H and O–H groups in total. The molecule has 28 heavy (non-hydrogen) atoms. The summed E-state index contributed by atoms with van der Waals surface area (Å²) in [5.74, 6) is -0.534. The first-order chi connectivity index (χ1) is 13.1. The van der Waals surface area contributed by atoms with E-state index < -0.39 is 18.3 Å². The third-order valence-electron chi connectivity index (χ3n) is 4.75. The third-order valence-corrected chi connectivity index (χ3v) is 4.75. The van der Waals surface area contributed by atoms with Crippen molar-refractivity contribution in [1.82, 2.24) is 21.3 Å². The van der Waals surface area contributed by atoms with Crippen LogP contribution in [0.3, 0.4) is 0 Å². The number of nitrogens with one attached hydrogen (secondary N) is 4. The summed E-state index contributed by atoms with van der Waals surface area (Å²) in [7, 11) is 0. The summed E-state index contributed by atoms with van der Waals surface area (Å²) in [6, 6.07) is -1.78. The molecule has 8 nitrogen and oxygen atoms in total. The minimum atomic E-state index is -0.796. The van der Waals surface area contributed by atoms with Crippen LogP contribution in [0.4, 0.5) is 0 Å². The molecule has 0 spiro atoms. The van der Waals surface area contributed by atoms with Crippen LogP contribution in [-0.2, 0) is 14.4 Å². The smallest absolute Gasteiger partial charge is 0.243 e. The zero-order valence-corrected chi connectivity index (χ0v) is 17.9. The molecule has 3 amide bonds. The predicted molar refractivity (Wildman–Crippen MR) is 108 cm³/mol. The second kappa shape index (κ2) is 12.0. The van der Waals surface area contributed by atoms with E-state index in [4.69, 9.17) is 0 Å². The fourth-order valence-corrected chi connectivity index (χ4v) is 3.40. The molecule has 0 aliphatic carbocycles. The van der Waals surface area contributed by atoms with Gasteiger partial charge in [-0.05, 0) is 50.5 Å². The molecule has 0 aromatic rings. The highest BCUT2D eigenvalue weighted by atomic mass is 16.3. The van der Waals surface area contributed by atoms with Gasteiger partial charge in [-0.15, -0.1) is 0 Å². The van der Waals surface area contributed by atoms with Crippen LogP contribution in [0.5, 0.6) is 0 Å². The van der Waals surface area contributed by atoms with Crippen LogP contribution in [0.2, 0.25) is 0 Å². The molecule has 8 heteroatoms. The molecular weight excluding hydrogens is 360 g/mol. The molecule has 0 aromatic heterocycles. The van der Waals surface area contributed by atoms with E-state index in [9.17, 15) is 19.5 Å². The van der Waals surface area contributed by atoms with Crippen LogP contribution < -0.4 is 21.3 Å². The minimum Gasteiger partial charge on any atom is -0.376 e. The fourth-order valence-electron chi connectivity index (χ4n) is 3.40. The van der Waals surface area contributed by atoms with Gasteiger partial charge >= 0.3 is 0 Å². The van der Waals surface area contributed by atoms with Gasteiger partial charge in [0.15, 0.2) is 0 Å². The van der Waals surface area contributed by atoms with Gasteiger partial charge in [-0.3, -0.25) is 19.7 Å². The molecule has 0 bridgehead atoms. The normalized spacial score (nSPS) is 22.3. The van der Waals surface area contributed by atoms with Gasteiger partial charge < -0.3 is 21.1 Å². The van der Waals surface area contributed by atoms with Crippen LogP contribution in [0.25, 0.3) is 0 Å². The van der Waals surface area contributed by atoms with Crippen molar-refractivity contribution in [2.24, 2.45) is 11.8 Å². The lowest BCUT2D eigenvalue weighted by Gasteiger charge is -2.28. The van der Waals surface area contributed by atoms with Crippen molar-refractivity contribution in [1.29, 1.82) is 0 Å². The minimum absolute atomic E-state index is 0.192. The Bertz CT molecular complexity index is 524. The summed E-state index contributed by atoms with van der Waals surface area (Å²) in [5.41, 5.74) is 0. The topological polar surface area (TPSA) is 120 Å². The zero-order chi connectivity index (χ0) is 21.3. The van der Waals surface area contributed by atoms with Crippen molar-refractivity contribution in [2.75, 3.05) is 6.54 Å². The van der Waals surface area contributed by atoms with Gasteiger partial charge in [0, 0.05) is 6.92 Å². The number of carbonyl (C=O) groups is 3. The van der Waals surface area contributed by atoms with Gasteiger partial charge in [-0.1, -0.05) is 27.7 Å². The maximum atomic E-state index is 12.9. The molecule has 1 rings (SSSR count). The van der Waals surface area contributed by atoms with E-state index in [1.165, 1.54) is 6.92 Å². The zero-order valence-electron chi connectivity index (χ0n) is 17.9. The molecule has 0 saturated carbocycles. The van der Waals surface area contributed by atoms with Gasteiger partial charge in [-0.2, -0.15) is 0 Å². The summed E-state index contributed by atoms with van der Waals surface area (Å²) in [6.07, 6.45) is 2.72. The molecule has 0 aromatic carbocycles. The second-order valence-corrected chi connectivity index (χ2v) is 8.58. The van der Waals surface area contributed by atoms with E-state index in [0.717, 1.165) is 12.8 Å². The average molecular weight is 399 g/mol. The van der Waals surface area contributed by atoms with Crippen molar-refractivity contribution in [3.8, 4) is 0 Å². The van der Waals surface area contributed by atoms with E-state index >= 15 is 0 Å². The van der Waals surface area contributed by atoms with Crippen LogP contribution in [-0.4, -0.2) is 53.7 Å². The first kappa shape index (κ1) is 24.4. The molecule has 0 radical (unpaired) electrons. The number of carbonyl (C=O) groups excluding carboxylic acids is 3. The van der Waals surface area contributed by atoms with Crippen molar-refractivity contribution in [2.45, 2.75) is 91.1 Å². The molecule has 1 fully saturated rings. The van der Waals surface area contributed by atoms with E-state index in [0.29, 0.717) is 25.8 Å². The van der Waals surface area contributed by atoms with Crippen LogP contribution in [0.15, 0.2) is 0 Å². The van der Waals surface area contributed by atoms with Crippen LogP contribution >= 0.6 is 0 Å². The predicted octanol–water partition coefficient (Wildman–Crippen LogP) is 0.645. The third kappa shape index (κ3) is 9.01. The highest BCUT2D eigenvalue weighted by molar-refractivity contribution is 5.91. The Kier molecular flexibility index (Phi) is 10.5.